The van der Waals surface area contributed by atoms with E-state index in [1.54, 1.807) is 22.7 Å². The van der Waals surface area contributed by atoms with Crippen LogP contribution in [0.4, 0.5) is 0 Å². The summed E-state index contributed by atoms with van der Waals surface area (Å²) in [6.45, 7) is 1.17. The van der Waals surface area contributed by atoms with Crippen LogP contribution in [0.1, 0.15) is 29.8 Å². The Kier molecular flexibility index (Phi) is 4.39. The molecule has 2 N–H and O–H groups in total. The lowest BCUT2D eigenvalue weighted by Gasteiger charge is -2.39. The molecule has 0 radical (unpaired) electrons. The number of nitrogens with one attached hydrogen (secondary N) is 2. The van der Waals surface area contributed by atoms with Crippen molar-refractivity contribution in [3.8, 4) is 0 Å². The van der Waals surface area contributed by atoms with Crippen molar-refractivity contribution in [3.63, 3.8) is 0 Å². The van der Waals surface area contributed by atoms with Gasteiger partial charge < -0.3 is 14.7 Å². The lowest BCUT2D eigenvalue weighted by molar-refractivity contribution is -0.121. The van der Waals surface area contributed by atoms with Gasteiger partial charge in [0.1, 0.15) is 0 Å². The molecule has 0 aromatic carbocycles. The number of thioether (sulfide) groups is 1. The molecule has 120 valence electrons. The standard InChI is InChI=1S/C14H20N4O3S/c1-22-9-3-10-12(19)17-14(16-10)4-7-18(8-5-14)13(20)11-2-6-15-21-11/h2,6,10,16H,3-5,7-9H2,1H3,(H,17,19). The molecule has 22 heavy (non-hydrogen) atoms. The molecule has 2 amide bonds. The van der Waals surface area contributed by atoms with Gasteiger partial charge in [-0.1, -0.05) is 5.16 Å². The van der Waals surface area contributed by atoms with Crippen molar-refractivity contribution in [2.45, 2.75) is 31.0 Å². The molecule has 1 atom stereocenters. The topological polar surface area (TPSA) is 87.5 Å². The van der Waals surface area contributed by atoms with Gasteiger partial charge >= 0.3 is 0 Å². The van der Waals surface area contributed by atoms with Crippen LogP contribution >= 0.6 is 11.8 Å². The number of nitrogens with zero attached hydrogens (tertiary/aromatic N) is 2. The second kappa shape index (κ2) is 6.29. The number of carbonyl (C=O) groups excluding carboxylic acids is 2. The van der Waals surface area contributed by atoms with Crippen molar-refractivity contribution in [3.05, 3.63) is 18.0 Å². The highest BCUT2D eigenvalue weighted by atomic mass is 32.2. The van der Waals surface area contributed by atoms with Gasteiger partial charge in [-0.25, -0.2) is 0 Å². The van der Waals surface area contributed by atoms with Gasteiger partial charge in [0.05, 0.1) is 17.9 Å². The van der Waals surface area contributed by atoms with Gasteiger partial charge in [0.25, 0.3) is 5.91 Å². The van der Waals surface area contributed by atoms with Gasteiger partial charge in [-0.3, -0.25) is 14.9 Å². The Bertz CT molecular complexity index is 540. The van der Waals surface area contributed by atoms with Crippen LogP contribution in [0.3, 0.4) is 0 Å². The van der Waals surface area contributed by atoms with Crippen molar-refractivity contribution in [2.24, 2.45) is 0 Å². The zero-order chi connectivity index (χ0) is 15.6. The highest BCUT2D eigenvalue weighted by Gasteiger charge is 2.45. The van der Waals surface area contributed by atoms with Gasteiger partial charge in [-0.2, -0.15) is 11.8 Å². The molecular weight excluding hydrogens is 304 g/mol. The summed E-state index contributed by atoms with van der Waals surface area (Å²) in [7, 11) is 0. The SMILES string of the molecule is CSCCC1NC2(CCN(C(=O)c3ccno3)CC2)NC1=O. The minimum Gasteiger partial charge on any atom is -0.351 e. The Hall–Kier alpha value is -1.54. The maximum atomic E-state index is 12.2. The third-order valence-corrected chi connectivity index (χ3v) is 4.94. The molecule has 0 aliphatic carbocycles. The van der Waals surface area contributed by atoms with E-state index in [4.69, 9.17) is 4.52 Å². The van der Waals surface area contributed by atoms with E-state index in [1.165, 1.54) is 6.20 Å². The molecule has 7 nitrogen and oxygen atoms in total. The molecule has 2 fully saturated rings. The Morgan fingerprint density at radius 1 is 1.55 bits per heavy atom. The van der Waals surface area contributed by atoms with E-state index in [-0.39, 0.29) is 29.3 Å². The van der Waals surface area contributed by atoms with Gasteiger partial charge in [0, 0.05) is 32.0 Å². The molecular formula is C14H20N4O3S. The van der Waals surface area contributed by atoms with Crippen molar-refractivity contribution in [1.29, 1.82) is 0 Å². The van der Waals surface area contributed by atoms with Crippen LogP contribution in [0.25, 0.3) is 0 Å². The van der Waals surface area contributed by atoms with Crippen LogP contribution in [-0.4, -0.2) is 58.7 Å². The lowest BCUT2D eigenvalue weighted by Crippen LogP contribution is -2.58. The molecule has 3 heterocycles. The van der Waals surface area contributed by atoms with Crippen LogP contribution in [0.5, 0.6) is 0 Å². The summed E-state index contributed by atoms with van der Waals surface area (Å²) >= 11 is 1.74. The summed E-state index contributed by atoms with van der Waals surface area (Å²) in [4.78, 5) is 26.0. The average Bonchev–Trinajstić information content (AvgIpc) is 3.14. The largest absolute Gasteiger partial charge is 0.351 e. The molecule has 2 aliphatic rings. The minimum atomic E-state index is -0.363. The van der Waals surface area contributed by atoms with Crippen LogP contribution < -0.4 is 10.6 Å². The Balaban J connectivity index is 1.57. The fraction of sp³-hybridized carbons (Fsp3) is 0.643. The van der Waals surface area contributed by atoms with Gasteiger partial charge in [-0.15, -0.1) is 0 Å². The normalized spacial score (nSPS) is 23.8. The molecule has 8 heteroatoms. The Morgan fingerprint density at radius 3 is 2.95 bits per heavy atom. The minimum absolute atomic E-state index is 0.0732. The predicted molar refractivity (Wildman–Crippen MR) is 82.4 cm³/mol. The van der Waals surface area contributed by atoms with Crippen LogP contribution in [0, 0.1) is 0 Å². The molecule has 2 aliphatic heterocycles. The van der Waals surface area contributed by atoms with Crippen molar-refractivity contribution in [1.82, 2.24) is 20.7 Å². The van der Waals surface area contributed by atoms with Crippen molar-refractivity contribution < 1.29 is 14.1 Å². The van der Waals surface area contributed by atoms with Crippen molar-refractivity contribution >= 4 is 23.6 Å². The van der Waals surface area contributed by atoms with E-state index in [2.05, 4.69) is 15.8 Å². The Morgan fingerprint density at radius 2 is 2.32 bits per heavy atom. The van der Waals surface area contributed by atoms with Crippen LogP contribution in [-0.2, 0) is 4.79 Å². The van der Waals surface area contributed by atoms with Gasteiger partial charge in [0.15, 0.2) is 0 Å². The van der Waals surface area contributed by atoms with Crippen molar-refractivity contribution in [2.75, 3.05) is 25.1 Å². The second-order valence-corrected chi connectivity index (χ2v) is 6.70. The predicted octanol–water partition coefficient (Wildman–Crippen LogP) is 0.448. The highest BCUT2D eigenvalue weighted by Crippen LogP contribution is 2.26. The molecule has 1 unspecified atom stereocenters. The summed E-state index contributed by atoms with van der Waals surface area (Å²) in [5, 5.41) is 10.1. The summed E-state index contributed by atoms with van der Waals surface area (Å²) in [5.41, 5.74) is -0.363. The fourth-order valence-electron chi connectivity index (χ4n) is 3.04. The number of piperidine rings is 1. The summed E-state index contributed by atoms with van der Waals surface area (Å²) in [5.74, 6) is 1.15. The fourth-order valence-corrected chi connectivity index (χ4v) is 3.51. The molecule has 0 bridgehead atoms. The molecule has 1 aromatic heterocycles. The number of hydrogen-bond acceptors (Lipinski definition) is 6. The summed E-state index contributed by atoms with van der Waals surface area (Å²) in [6.07, 6.45) is 5.74. The lowest BCUT2D eigenvalue weighted by atomic mass is 9.97. The highest BCUT2D eigenvalue weighted by molar-refractivity contribution is 7.98. The first-order chi connectivity index (χ1) is 10.6. The second-order valence-electron chi connectivity index (χ2n) is 5.72. The third kappa shape index (κ3) is 2.98. The molecule has 2 saturated heterocycles. The first kappa shape index (κ1) is 15.4. The van der Waals surface area contributed by atoms with Crippen LogP contribution in [0.2, 0.25) is 0 Å². The van der Waals surface area contributed by atoms with Gasteiger partial charge in [-0.05, 0) is 18.4 Å². The van der Waals surface area contributed by atoms with E-state index in [1.807, 2.05) is 6.26 Å². The zero-order valence-corrected chi connectivity index (χ0v) is 13.3. The smallest absolute Gasteiger partial charge is 0.292 e. The third-order valence-electron chi connectivity index (χ3n) is 4.29. The summed E-state index contributed by atoms with van der Waals surface area (Å²) < 4.78 is 4.92. The zero-order valence-electron chi connectivity index (χ0n) is 12.5. The van der Waals surface area contributed by atoms with E-state index >= 15 is 0 Å². The quantitative estimate of drug-likeness (QED) is 0.836. The van der Waals surface area contributed by atoms with E-state index in [0.717, 1.165) is 12.2 Å². The molecule has 0 saturated carbocycles. The Labute approximate surface area is 133 Å². The van der Waals surface area contributed by atoms with E-state index < -0.39 is 0 Å². The number of carbonyl (C=O) groups is 2. The first-order valence-electron chi connectivity index (χ1n) is 7.42. The van der Waals surface area contributed by atoms with E-state index in [0.29, 0.717) is 25.9 Å². The molecule has 1 spiro atoms. The number of likely N-dealkylation sites (tertiary alicyclic amines) is 1. The van der Waals surface area contributed by atoms with Gasteiger partial charge in [0.2, 0.25) is 11.7 Å². The number of amides is 2. The monoisotopic (exact) mass is 324 g/mol. The first-order valence-corrected chi connectivity index (χ1v) is 8.81. The molecule has 3 rings (SSSR count). The number of aromatic nitrogens is 1. The number of rotatable bonds is 4. The van der Waals surface area contributed by atoms with E-state index in [9.17, 15) is 9.59 Å². The van der Waals surface area contributed by atoms with Crippen LogP contribution in [0.15, 0.2) is 16.8 Å². The molecule has 1 aromatic rings. The maximum absolute atomic E-state index is 12.2. The summed E-state index contributed by atoms with van der Waals surface area (Å²) in [6, 6.07) is 1.45. The number of hydrogen-bond donors (Lipinski definition) is 2. The average molecular weight is 324 g/mol. The maximum Gasteiger partial charge on any atom is 0.292 e.